The summed E-state index contributed by atoms with van der Waals surface area (Å²) in [4.78, 5) is 11.6. The number of esters is 1. The molecular formula is C21H40O2. The van der Waals surface area contributed by atoms with E-state index in [4.69, 9.17) is 4.74 Å². The van der Waals surface area contributed by atoms with Gasteiger partial charge in [0.2, 0.25) is 0 Å². The van der Waals surface area contributed by atoms with Gasteiger partial charge in [0.1, 0.15) is 0 Å². The molecule has 0 aliphatic heterocycles. The molecule has 0 spiro atoms. The SMILES string of the molecule is C=CCC(C)C(=O)OCCCCCCCCCCCCCCC. The summed E-state index contributed by atoms with van der Waals surface area (Å²) in [6, 6.07) is 0. The molecule has 2 nitrogen and oxygen atoms in total. The number of carbonyl (C=O) groups is 1. The highest BCUT2D eigenvalue weighted by atomic mass is 16.5. The molecule has 23 heavy (non-hydrogen) atoms. The molecule has 2 heteroatoms. The fourth-order valence-electron chi connectivity index (χ4n) is 2.78. The number of carbonyl (C=O) groups excluding carboxylic acids is 1. The summed E-state index contributed by atoms with van der Waals surface area (Å²) in [5.74, 6) is -0.127. The Labute approximate surface area is 145 Å². The Bertz CT molecular complexity index is 273. The Kier molecular flexibility index (Phi) is 17.0. The molecule has 0 saturated carbocycles. The molecule has 0 saturated heterocycles. The summed E-state index contributed by atoms with van der Waals surface area (Å²) in [6.07, 6.45) is 19.9. The highest BCUT2D eigenvalue weighted by molar-refractivity contribution is 5.72. The van der Waals surface area contributed by atoms with E-state index < -0.39 is 0 Å². The first-order valence-corrected chi connectivity index (χ1v) is 9.99. The molecule has 0 aromatic heterocycles. The van der Waals surface area contributed by atoms with Gasteiger partial charge in [-0.3, -0.25) is 4.79 Å². The van der Waals surface area contributed by atoms with Gasteiger partial charge in [-0.1, -0.05) is 97.0 Å². The van der Waals surface area contributed by atoms with Gasteiger partial charge < -0.3 is 4.74 Å². The van der Waals surface area contributed by atoms with Gasteiger partial charge in [-0.25, -0.2) is 0 Å². The molecule has 0 amide bonds. The zero-order valence-electron chi connectivity index (χ0n) is 15.8. The lowest BCUT2D eigenvalue weighted by Crippen LogP contribution is -2.14. The summed E-state index contributed by atoms with van der Waals surface area (Å²) >= 11 is 0. The van der Waals surface area contributed by atoms with Crippen LogP contribution in [0.1, 0.15) is 104 Å². The standard InChI is InChI=1S/C21H40O2/c1-4-6-7-8-9-10-11-12-13-14-15-16-17-19-23-21(22)20(3)18-5-2/h5,20H,2,4,6-19H2,1,3H3. The molecule has 1 atom stereocenters. The number of hydrogen-bond donors (Lipinski definition) is 0. The van der Waals surface area contributed by atoms with Crippen molar-refractivity contribution in [1.29, 1.82) is 0 Å². The van der Waals surface area contributed by atoms with Crippen LogP contribution in [0.25, 0.3) is 0 Å². The molecular weight excluding hydrogens is 284 g/mol. The van der Waals surface area contributed by atoms with Crippen molar-refractivity contribution in [3.8, 4) is 0 Å². The Morgan fingerprint density at radius 2 is 1.30 bits per heavy atom. The number of ether oxygens (including phenoxy) is 1. The van der Waals surface area contributed by atoms with E-state index in [1.807, 2.05) is 6.92 Å². The minimum Gasteiger partial charge on any atom is -0.465 e. The first-order valence-electron chi connectivity index (χ1n) is 9.99. The molecule has 1 unspecified atom stereocenters. The molecule has 0 radical (unpaired) electrons. The van der Waals surface area contributed by atoms with E-state index in [1.165, 1.54) is 77.0 Å². The molecule has 0 heterocycles. The van der Waals surface area contributed by atoms with Crippen LogP contribution < -0.4 is 0 Å². The maximum atomic E-state index is 11.6. The third-order valence-electron chi connectivity index (χ3n) is 4.41. The van der Waals surface area contributed by atoms with Crippen LogP contribution in [0.4, 0.5) is 0 Å². The third kappa shape index (κ3) is 15.9. The highest BCUT2D eigenvalue weighted by Crippen LogP contribution is 2.12. The second-order valence-corrected chi connectivity index (χ2v) is 6.84. The van der Waals surface area contributed by atoms with E-state index in [0.29, 0.717) is 13.0 Å². The van der Waals surface area contributed by atoms with Gasteiger partial charge in [0.05, 0.1) is 12.5 Å². The summed E-state index contributed by atoms with van der Waals surface area (Å²) < 4.78 is 5.27. The zero-order valence-corrected chi connectivity index (χ0v) is 15.8. The largest absolute Gasteiger partial charge is 0.465 e. The van der Waals surface area contributed by atoms with Crippen molar-refractivity contribution in [2.24, 2.45) is 5.92 Å². The molecule has 136 valence electrons. The van der Waals surface area contributed by atoms with E-state index in [0.717, 1.165) is 6.42 Å². The summed E-state index contributed by atoms with van der Waals surface area (Å²) in [6.45, 7) is 8.40. The predicted molar refractivity (Wildman–Crippen MR) is 101 cm³/mol. The molecule has 0 rings (SSSR count). The topological polar surface area (TPSA) is 26.3 Å². The molecule has 0 aliphatic carbocycles. The quantitative estimate of drug-likeness (QED) is 0.166. The molecule has 0 N–H and O–H groups in total. The number of unbranched alkanes of at least 4 members (excludes halogenated alkanes) is 12. The Hall–Kier alpha value is -0.790. The first kappa shape index (κ1) is 22.2. The number of allylic oxidation sites excluding steroid dienone is 1. The first-order chi connectivity index (χ1) is 11.2. The molecule has 0 fully saturated rings. The Morgan fingerprint density at radius 3 is 1.74 bits per heavy atom. The maximum absolute atomic E-state index is 11.6. The second kappa shape index (κ2) is 17.6. The average molecular weight is 325 g/mol. The Balaban J connectivity index is 3.16. The fraction of sp³-hybridized carbons (Fsp3) is 0.857. The van der Waals surface area contributed by atoms with Gasteiger partial charge in [-0.05, 0) is 12.8 Å². The van der Waals surface area contributed by atoms with Crippen LogP contribution in [0.2, 0.25) is 0 Å². The van der Waals surface area contributed by atoms with Gasteiger partial charge in [0.15, 0.2) is 0 Å². The third-order valence-corrected chi connectivity index (χ3v) is 4.41. The molecule has 0 aromatic carbocycles. The lowest BCUT2D eigenvalue weighted by Gasteiger charge is -2.09. The number of rotatable bonds is 17. The van der Waals surface area contributed by atoms with Crippen molar-refractivity contribution in [3.63, 3.8) is 0 Å². The lowest BCUT2D eigenvalue weighted by atomic mass is 10.0. The van der Waals surface area contributed by atoms with Crippen molar-refractivity contribution in [1.82, 2.24) is 0 Å². The van der Waals surface area contributed by atoms with Crippen molar-refractivity contribution in [2.45, 2.75) is 104 Å². The van der Waals surface area contributed by atoms with E-state index in [9.17, 15) is 4.79 Å². The minimum absolute atomic E-state index is 0.0468. The van der Waals surface area contributed by atoms with Crippen molar-refractivity contribution in [2.75, 3.05) is 6.61 Å². The van der Waals surface area contributed by atoms with E-state index in [2.05, 4.69) is 13.5 Å². The van der Waals surface area contributed by atoms with E-state index in [1.54, 1.807) is 6.08 Å². The van der Waals surface area contributed by atoms with Crippen LogP contribution in [0.5, 0.6) is 0 Å². The van der Waals surface area contributed by atoms with E-state index >= 15 is 0 Å². The fourth-order valence-corrected chi connectivity index (χ4v) is 2.78. The predicted octanol–water partition coefficient (Wildman–Crippen LogP) is 6.83. The van der Waals surface area contributed by atoms with Gasteiger partial charge in [-0.15, -0.1) is 6.58 Å². The van der Waals surface area contributed by atoms with Crippen LogP contribution in [0.3, 0.4) is 0 Å². The van der Waals surface area contributed by atoms with Crippen molar-refractivity contribution >= 4 is 5.97 Å². The van der Waals surface area contributed by atoms with Crippen LogP contribution in [0.15, 0.2) is 12.7 Å². The molecule has 0 bridgehead atoms. The summed E-state index contributed by atoms with van der Waals surface area (Å²) in [5, 5.41) is 0. The van der Waals surface area contributed by atoms with Crippen LogP contribution in [-0.2, 0) is 9.53 Å². The van der Waals surface area contributed by atoms with Crippen molar-refractivity contribution < 1.29 is 9.53 Å². The summed E-state index contributed by atoms with van der Waals surface area (Å²) in [5.41, 5.74) is 0. The number of hydrogen-bond acceptors (Lipinski definition) is 2. The highest BCUT2D eigenvalue weighted by Gasteiger charge is 2.11. The maximum Gasteiger partial charge on any atom is 0.308 e. The average Bonchev–Trinajstić information content (AvgIpc) is 2.55. The lowest BCUT2D eigenvalue weighted by molar-refractivity contribution is -0.147. The Morgan fingerprint density at radius 1 is 0.870 bits per heavy atom. The minimum atomic E-state index is -0.0798. The molecule has 0 aliphatic rings. The second-order valence-electron chi connectivity index (χ2n) is 6.84. The van der Waals surface area contributed by atoms with Crippen LogP contribution in [0, 0.1) is 5.92 Å². The normalized spacial score (nSPS) is 12.1. The van der Waals surface area contributed by atoms with Gasteiger partial charge in [-0.2, -0.15) is 0 Å². The van der Waals surface area contributed by atoms with Crippen LogP contribution >= 0.6 is 0 Å². The summed E-state index contributed by atoms with van der Waals surface area (Å²) in [7, 11) is 0. The smallest absolute Gasteiger partial charge is 0.308 e. The van der Waals surface area contributed by atoms with Crippen molar-refractivity contribution in [3.05, 3.63) is 12.7 Å². The zero-order chi connectivity index (χ0) is 17.2. The van der Waals surface area contributed by atoms with Crippen LogP contribution in [-0.4, -0.2) is 12.6 Å². The van der Waals surface area contributed by atoms with Gasteiger partial charge in [0, 0.05) is 0 Å². The van der Waals surface area contributed by atoms with E-state index in [-0.39, 0.29) is 11.9 Å². The molecule has 0 aromatic rings. The van der Waals surface area contributed by atoms with Gasteiger partial charge >= 0.3 is 5.97 Å². The van der Waals surface area contributed by atoms with Gasteiger partial charge in [0.25, 0.3) is 0 Å². The monoisotopic (exact) mass is 324 g/mol.